The van der Waals surface area contributed by atoms with E-state index < -0.39 is 10.0 Å². The number of pyridine rings is 1. The summed E-state index contributed by atoms with van der Waals surface area (Å²) in [6.07, 6.45) is 4.27. The van der Waals surface area contributed by atoms with E-state index in [1.807, 2.05) is 0 Å². The van der Waals surface area contributed by atoms with E-state index in [-0.39, 0.29) is 10.6 Å². The molecule has 0 saturated heterocycles. The second-order valence-corrected chi connectivity index (χ2v) is 7.58. The van der Waals surface area contributed by atoms with E-state index in [1.54, 1.807) is 32.3 Å². The quantitative estimate of drug-likeness (QED) is 0.551. The van der Waals surface area contributed by atoms with E-state index in [0.717, 1.165) is 0 Å². The van der Waals surface area contributed by atoms with E-state index in [2.05, 4.69) is 19.8 Å². The molecule has 1 N–H and O–H groups in total. The largest absolute Gasteiger partial charge is 0.328 e. The molecule has 3 aromatic heterocycles. The average molecular weight is 385 g/mol. The van der Waals surface area contributed by atoms with Crippen molar-refractivity contribution in [3.8, 4) is 5.82 Å². The molecule has 0 fully saturated rings. The molecule has 11 heteroatoms. The van der Waals surface area contributed by atoms with Gasteiger partial charge in [-0.05, 0) is 30.3 Å². The number of sulfonamides is 1. The van der Waals surface area contributed by atoms with Crippen LogP contribution >= 0.6 is 0 Å². The van der Waals surface area contributed by atoms with Gasteiger partial charge in [0.25, 0.3) is 10.0 Å². The molecule has 0 radical (unpaired) electrons. The topological polar surface area (TPSA) is 117 Å². The van der Waals surface area contributed by atoms with Gasteiger partial charge in [0.2, 0.25) is 0 Å². The van der Waals surface area contributed by atoms with Crippen LogP contribution in [0.4, 0.5) is 5.69 Å². The first-order valence-electron chi connectivity index (χ1n) is 7.86. The molecule has 0 amide bonds. The minimum absolute atomic E-state index is 0.0524. The van der Waals surface area contributed by atoms with E-state index in [1.165, 1.54) is 44.8 Å². The molecule has 0 bridgehead atoms. The average Bonchev–Trinajstić information content (AvgIpc) is 3.27. The molecule has 1 aromatic carbocycles. The first-order chi connectivity index (χ1) is 12.9. The number of imidazole rings is 1. The summed E-state index contributed by atoms with van der Waals surface area (Å²) < 4.78 is 32.2. The number of rotatable bonds is 4. The molecular formula is C16H15N7O3S. The van der Waals surface area contributed by atoms with Gasteiger partial charge in [0.15, 0.2) is 5.82 Å². The van der Waals surface area contributed by atoms with Crippen molar-refractivity contribution in [3.05, 3.63) is 59.7 Å². The fourth-order valence-electron chi connectivity index (χ4n) is 2.78. The molecule has 138 valence electrons. The van der Waals surface area contributed by atoms with Gasteiger partial charge < -0.3 is 0 Å². The lowest BCUT2D eigenvalue weighted by molar-refractivity contribution is 0.601. The van der Waals surface area contributed by atoms with Crippen molar-refractivity contribution in [2.45, 2.75) is 4.90 Å². The first kappa shape index (κ1) is 17.0. The third-order valence-corrected chi connectivity index (χ3v) is 5.59. The standard InChI is InChI=1S/C16H15N7O3S/c1-21-13-5-4-12(7-14(13)22(2)16(21)24)27(25,26)20-11-3-6-15(18-8-11)23-10-17-9-19-23/h3-10,20H,1-2H3. The van der Waals surface area contributed by atoms with Crippen molar-refractivity contribution in [1.82, 2.24) is 28.9 Å². The van der Waals surface area contributed by atoms with E-state index in [0.29, 0.717) is 22.5 Å². The second-order valence-electron chi connectivity index (χ2n) is 5.90. The number of anilines is 1. The number of nitrogens with zero attached hydrogens (tertiary/aromatic N) is 6. The molecule has 3 heterocycles. The zero-order valence-corrected chi connectivity index (χ0v) is 15.3. The Kier molecular flexibility index (Phi) is 3.81. The molecule has 0 atom stereocenters. The maximum atomic E-state index is 12.7. The number of fused-ring (bicyclic) bond motifs is 1. The molecule has 4 aromatic rings. The van der Waals surface area contributed by atoms with Crippen molar-refractivity contribution in [2.24, 2.45) is 14.1 Å². The van der Waals surface area contributed by atoms with Crippen molar-refractivity contribution >= 4 is 26.7 Å². The van der Waals surface area contributed by atoms with Crippen molar-refractivity contribution in [2.75, 3.05) is 4.72 Å². The van der Waals surface area contributed by atoms with Gasteiger partial charge in [-0.1, -0.05) is 0 Å². The SMILES string of the molecule is Cn1c(=O)n(C)c2cc(S(=O)(=O)Nc3ccc(-n4cncn4)nc3)ccc21. The van der Waals surface area contributed by atoms with Crippen LogP contribution in [0.25, 0.3) is 16.9 Å². The summed E-state index contributed by atoms with van der Waals surface area (Å²) in [5, 5.41) is 3.96. The summed E-state index contributed by atoms with van der Waals surface area (Å²) in [6.45, 7) is 0. The normalized spacial score (nSPS) is 11.8. The predicted octanol–water partition coefficient (Wildman–Crippen LogP) is 0.653. The van der Waals surface area contributed by atoms with Crippen LogP contribution < -0.4 is 10.4 Å². The maximum Gasteiger partial charge on any atom is 0.328 e. The lowest BCUT2D eigenvalue weighted by Crippen LogP contribution is -2.19. The number of hydrogen-bond acceptors (Lipinski definition) is 6. The molecule has 0 unspecified atom stereocenters. The van der Waals surface area contributed by atoms with E-state index in [4.69, 9.17) is 0 Å². The van der Waals surface area contributed by atoms with Gasteiger partial charge in [0.05, 0.1) is 27.8 Å². The summed E-state index contributed by atoms with van der Waals surface area (Å²) in [6, 6.07) is 7.74. The smallest absolute Gasteiger partial charge is 0.295 e. The van der Waals surface area contributed by atoms with Crippen LogP contribution in [-0.2, 0) is 24.1 Å². The number of nitrogens with one attached hydrogen (secondary N) is 1. The summed E-state index contributed by atoms with van der Waals surface area (Å²) in [7, 11) is -0.604. The molecule has 10 nitrogen and oxygen atoms in total. The molecule has 0 aliphatic heterocycles. The predicted molar refractivity (Wildman–Crippen MR) is 98.1 cm³/mol. The summed E-state index contributed by atoms with van der Waals surface area (Å²) in [5.41, 5.74) is 1.27. The molecular weight excluding hydrogens is 370 g/mol. The molecule has 27 heavy (non-hydrogen) atoms. The first-order valence-corrected chi connectivity index (χ1v) is 9.34. The second kappa shape index (κ2) is 6.06. The van der Waals surface area contributed by atoms with Crippen LogP contribution in [-0.4, -0.2) is 37.3 Å². The number of aryl methyl sites for hydroxylation is 2. The Labute approximate surface area is 153 Å². The molecule has 0 saturated carbocycles. The Bertz CT molecular complexity index is 1290. The maximum absolute atomic E-state index is 12.7. The minimum Gasteiger partial charge on any atom is -0.295 e. The van der Waals surface area contributed by atoms with Crippen LogP contribution in [0.15, 0.2) is 58.9 Å². The summed E-state index contributed by atoms with van der Waals surface area (Å²) in [4.78, 5) is 20.1. The summed E-state index contributed by atoms with van der Waals surface area (Å²) in [5.74, 6) is 0.510. The molecule has 0 aliphatic carbocycles. The molecule has 0 aliphatic rings. The number of benzene rings is 1. The zero-order chi connectivity index (χ0) is 19.2. The van der Waals surface area contributed by atoms with Crippen LogP contribution in [0.5, 0.6) is 0 Å². The third kappa shape index (κ3) is 2.87. The van der Waals surface area contributed by atoms with Gasteiger partial charge in [-0.15, -0.1) is 0 Å². The minimum atomic E-state index is -3.84. The summed E-state index contributed by atoms with van der Waals surface area (Å²) >= 11 is 0. The highest BCUT2D eigenvalue weighted by Crippen LogP contribution is 2.20. The lowest BCUT2D eigenvalue weighted by atomic mass is 10.3. The Balaban J connectivity index is 1.66. The van der Waals surface area contributed by atoms with Gasteiger partial charge in [-0.2, -0.15) is 5.10 Å². The van der Waals surface area contributed by atoms with Gasteiger partial charge in [-0.3, -0.25) is 13.9 Å². The molecule has 4 rings (SSSR count). The van der Waals surface area contributed by atoms with Crippen LogP contribution in [0.2, 0.25) is 0 Å². The highest BCUT2D eigenvalue weighted by molar-refractivity contribution is 7.92. The Morgan fingerprint density at radius 1 is 1.04 bits per heavy atom. The number of aromatic nitrogens is 6. The monoisotopic (exact) mass is 385 g/mol. The highest BCUT2D eigenvalue weighted by atomic mass is 32.2. The fraction of sp³-hybridized carbons (Fsp3) is 0.125. The highest BCUT2D eigenvalue weighted by Gasteiger charge is 2.17. The lowest BCUT2D eigenvalue weighted by Gasteiger charge is -2.09. The third-order valence-electron chi connectivity index (χ3n) is 4.21. The van der Waals surface area contributed by atoms with Gasteiger partial charge in [0.1, 0.15) is 12.7 Å². The Hall–Kier alpha value is -3.47. The van der Waals surface area contributed by atoms with E-state index >= 15 is 0 Å². The van der Waals surface area contributed by atoms with Gasteiger partial charge in [-0.25, -0.2) is 27.9 Å². The number of hydrogen-bond donors (Lipinski definition) is 1. The van der Waals surface area contributed by atoms with Crippen molar-refractivity contribution < 1.29 is 8.42 Å². The van der Waals surface area contributed by atoms with E-state index in [9.17, 15) is 13.2 Å². The van der Waals surface area contributed by atoms with Crippen LogP contribution in [0, 0.1) is 0 Å². The van der Waals surface area contributed by atoms with Crippen molar-refractivity contribution in [3.63, 3.8) is 0 Å². The van der Waals surface area contributed by atoms with Crippen molar-refractivity contribution in [1.29, 1.82) is 0 Å². The van der Waals surface area contributed by atoms with Gasteiger partial charge in [0, 0.05) is 14.1 Å². The zero-order valence-electron chi connectivity index (χ0n) is 14.4. The fourth-order valence-corrected chi connectivity index (χ4v) is 3.84. The van der Waals surface area contributed by atoms with Gasteiger partial charge >= 0.3 is 5.69 Å². The van der Waals surface area contributed by atoms with Crippen LogP contribution in [0.3, 0.4) is 0 Å². The van der Waals surface area contributed by atoms with Crippen LogP contribution in [0.1, 0.15) is 0 Å². The Morgan fingerprint density at radius 3 is 2.48 bits per heavy atom. The molecule has 0 spiro atoms. The Morgan fingerprint density at radius 2 is 1.81 bits per heavy atom.